The molecular formula is C20H23N3O5S2. The molecule has 8 nitrogen and oxygen atoms in total. The highest BCUT2D eigenvalue weighted by atomic mass is 32.2. The minimum atomic E-state index is -3.70. The lowest BCUT2D eigenvalue weighted by atomic mass is 10.2. The zero-order valence-corrected chi connectivity index (χ0v) is 18.7. The molecule has 0 fully saturated rings. The third-order valence-corrected chi connectivity index (χ3v) is 7.28. The quantitative estimate of drug-likeness (QED) is 0.536. The molecule has 2 heterocycles. The van der Waals surface area contributed by atoms with Crippen LogP contribution in [0.25, 0.3) is 10.2 Å². The Morgan fingerprint density at radius 1 is 1.23 bits per heavy atom. The van der Waals surface area contributed by atoms with Gasteiger partial charge in [0.15, 0.2) is 11.9 Å². The fourth-order valence-corrected chi connectivity index (χ4v) is 4.93. The van der Waals surface area contributed by atoms with Crippen molar-refractivity contribution < 1.29 is 17.9 Å². The van der Waals surface area contributed by atoms with Crippen LogP contribution in [0.5, 0.6) is 0 Å². The summed E-state index contributed by atoms with van der Waals surface area (Å²) in [6.45, 7) is 7.15. The standard InChI is InChI=1S/C20H23N3O5S2/c1-11-5-7-15(8-6-11)30(26,27)21-10-9-16(24)28-13(3)18-22-19(25)17-12(2)14(4)29-20(17)23-18/h5-8,13,21H,9-10H2,1-4H3,(H,22,23,25). The van der Waals surface area contributed by atoms with E-state index >= 15 is 0 Å². The molecular weight excluding hydrogens is 426 g/mol. The van der Waals surface area contributed by atoms with Gasteiger partial charge in [0.1, 0.15) is 4.83 Å². The lowest BCUT2D eigenvalue weighted by Gasteiger charge is -2.13. The first-order chi connectivity index (χ1) is 14.1. The van der Waals surface area contributed by atoms with Gasteiger partial charge in [-0.2, -0.15) is 0 Å². The molecule has 0 aliphatic rings. The van der Waals surface area contributed by atoms with Gasteiger partial charge in [-0.15, -0.1) is 11.3 Å². The number of rotatable bonds is 7. The number of hydrogen-bond donors (Lipinski definition) is 2. The largest absolute Gasteiger partial charge is 0.454 e. The van der Waals surface area contributed by atoms with Gasteiger partial charge in [-0.1, -0.05) is 17.7 Å². The van der Waals surface area contributed by atoms with Crippen molar-refractivity contribution in [2.24, 2.45) is 0 Å². The molecule has 0 amide bonds. The van der Waals surface area contributed by atoms with Crippen LogP contribution in [-0.4, -0.2) is 30.9 Å². The van der Waals surface area contributed by atoms with E-state index in [4.69, 9.17) is 4.74 Å². The Labute approximate surface area is 178 Å². The molecule has 0 saturated heterocycles. The number of H-pyrrole nitrogens is 1. The highest BCUT2D eigenvalue weighted by Crippen LogP contribution is 2.27. The molecule has 10 heteroatoms. The summed E-state index contributed by atoms with van der Waals surface area (Å²) in [7, 11) is -3.70. The fraction of sp³-hybridized carbons (Fsp3) is 0.350. The Hall–Kier alpha value is -2.56. The molecule has 30 heavy (non-hydrogen) atoms. The fourth-order valence-electron chi connectivity index (χ4n) is 2.86. The minimum absolute atomic E-state index is 0.103. The number of nitrogens with zero attached hydrogens (tertiary/aromatic N) is 1. The van der Waals surface area contributed by atoms with Gasteiger partial charge < -0.3 is 9.72 Å². The van der Waals surface area contributed by atoms with E-state index in [0.29, 0.717) is 10.2 Å². The number of carbonyl (C=O) groups excluding carboxylic acids is 1. The van der Waals surface area contributed by atoms with E-state index in [0.717, 1.165) is 16.0 Å². The van der Waals surface area contributed by atoms with E-state index in [2.05, 4.69) is 14.7 Å². The maximum Gasteiger partial charge on any atom is 0.307 e. The molecule has 0 aliphatic heterocycles. The number of sulfonamides is 1. The normalized spacial score (nSPS) is 12.8. The van der Waals surface area contributed by atoms with Crippen LogP contribution in [0, 0.1) is 20.8 Å². The van der Waals surface area contributed by atoms with Crippen molar-refractivity contribution in [3.63, 3.8) is 0 Å². The van der Waals surface area contributed by atoms with Crippen molar-refractivity contribution >= 4 is 37.5 Å². The zero-order chi connectivity index (χ0) is 22.1. The van der Waals surface area contributed by atoms with E-state index in [-0.39, 0.29) is 29.2 Å². The lowest BCUT2D eigenvalue weighted by Crippen LogP contribution is -2.27. The Bertz CT molecular complexity index is 1240. The van der Waals surface area contributed by atoms with Crippen LogP contribution in [0.4, 0.5) is 0 Å². The number of esters is 1. The summed E-state index contributed by atoms with van der Waals surface area (Å²) in [5, 5.41) is 0.547. The summed E-state index contributed by atoms with van der Waals surface area (Å²) in [5.74, 6) is -0.349. The molecule has 2 N–H and O–H groups in total. The number of aromatic amines is 1. The van der Waals surface area contributed by atoms with Crippen LogP contribution >= 0.6 is 11.3 Å². The Morgan fingerprint density at radius 3 is 2.57 bits per heavy atom. The van der Waals surface area contributed by atoms with Crippen molar-refractivity contribution in [1.82, 2.24) is 14.7 Å². The first kappa shape index (κ1) is 22.1. The third kappa shape index (κ3) is 4.77. The van der Waals surface area contributed by atoms with Crippen LogP contribution in [0.3, 0.4) is 0 Å². The molecule has 1 atom stereocenters. The number of nitrogens with one attached hydrogen (secondary N) is 2. The first-order valence-electron chi connectivity index (χ1n) is 9.34. The van der Waals surface area contributed by atoms with Gasteiger partial charge in [0.25, 0.3) is 5.56 Å². The van der Waals surface area contributed by atoms with E-state index in [1.165, 1.54) is 23.5 Å². The van der Waals surface area contributed by atoms with Crippen LogP contribution in [-0.2, 0) is 19.6 Å². The number of ether oxygens (including phenoxy) is 1. The molecule has 3 rings (SSSR count). The number of benzene rings is 1. The number of aryl methyl sites for hydroxylation is 3. The van der Waals surface area contributed by atoms with E-state index in [1.54, 1.807) is 19.1 Å². The van der Waals surface area contributed by atoms with Crippen molar-refractivity contribution in [3.8, 4) is 0 Å². The van der Waals surface area contributed by atoms with Gasteiger partial charge >= 0.3 is 5.97 Å². The maximum atomic E-state index is 12.4. The van der Waals surface area contributed by atoms with Gasteiger partial charge in [0.05, 0.1) is 16.7 Å². The van der Waals surface area contributed by atoms with Gasteiger partial charge in [-0.3, -0.25) is 9.59 Å². The summed E-state index contributed by atoms with van der Waals surface area (Å²) in [6, 6.07) is 6.41. The van der Waals surface area contributed by atoms with Gasteiger partial charge in [-0.05, 0) is 45.4 Å². The molecule has 3 aromatic rings. The number of fused-ring (bicyclic) bond motifs is 1. The van der Waals surface area contributed by atoms with Crippen LogP contribution in [0.15, 0.2) is 34.0 Å². The SMILES string of the molecule is Cc1ccc(S(=O)(=O)NCCC(=O)OC(C)c2nc3sc(C)c(C)c3c(=O)[nH]2)cc1. The predicted octanol–water partition coefficient (Wildman–Crippen LogP) is 2.88. The van der Waals surface area contributed by atoms with Crippen molar-refractivity contribution in [2.45, 2.75) is 45.1 Å². The van der Waals surface area contributed by atoms with Crippen molar-refractivity contribution in [1.29, 1.82) is 0 Å². The molecule has 0 radical (unpaired) electrons. The second kappa shape index (κ2) is 8.66. The van der Waals surface area contributed by atoms with E-state index in [1.807, 2.05) is 20.8 Å². The Morgan fingerprint density at radius 2 is 1.90 bits per heavy atom. The monoisotopic (exact) mass is 449 g/mol. The summed E-state index contributed by atoms with van der Waals surface area (Å²) in [6.07, 6.45) is -0.926. The maximum absolute atomic E-state index is 12.4. The average Bonchev–Trinajstić information content (AvgIpc) is 2.96. The summed E-state index contributed by atoms with van der Waals surface area (Å²) in [4.78, 5) is 33.3. The predicted molar refractivity (Wildman–Crippen MR) is 115 cm³/mol. The number of aromatic nitrogens is 2. The van der Waals surface area contributed by atoms with Gasteiger partial charge in [0, 0.05) is 11.4 Å². The Kier molecular flexibility index (Phi) is 6.39. The van der Waals surface area contributed by atoms with E-state index in [9.17, 15) is 18.0 Å². The van der Waals surface area contributed by atoms with Crippen LogP contribution < -0.4 is 10.3 Å². The summed E-state index contributed by atoms with van der Waals surface area (Å²) in [5.41, 5.74) is 1.57. The zero-order valence-electron chi connectivity index (χ0n) is 17.1. The molecule has 160 valence electrons. The molecule has 1 aromatic carbocycles. The molecule has 0 saturated carbocycles. The number of thiophene rings is 1. The van der Waals surface area contributed by atoms with Crippen LogP contribution in [0.2, 0.25) is 0 Å². The van der Waals surface area contributed by atoms with Gasteiger partial charge in [0.2, 0.25) is 10.0 Å². The van der Waals surface area contributed by atoms with E-state index < -0.39 is 22.1 Å². The van der Waals surface area contributed by atoms with Crippen LogP contribution in [0.1, 0.15) is 41.3 Å². The van der Waals surface area contributed by atoms with Crippen molar-refractivity contribution in [2.75, 3.05) is 6.54 Å². The third-order valence-electron chi connectivity index (χ3n) is 4.70. The average molecular weight is 450 g/mol. The molecule has 2 aromatic heterocycles. The Balaban J connectivity index is 1.60. The number of hydrogen-bond acceptors (Lipinski definition) is 7. The number of carbonyl (C=O) groups is 1. The van der Waals surface area contributed by atoms with Gasteiger partial charge in [-0.25, -0.2) is 18.1 Å². The van der Waals surface area contributed by atoms with Crippen molar-refractivity contribution in [3.05, 3.63) is 56.4 Å². The minimum Gasteiger partial charge on any atom is -0.454 e. The molecule has 1 unspecified atom stereocenters. The smallest absolute Gasteiger partial charge is 0.307 e. The molecule has 0 bridgehead atoms. The highest BCUT2D eigenvalue weighted by Gasteiger charge is 2.19. The summed E-state index contributed by atoms with van der Waals surface area (Å²) < 4.78 is 32.2. The lowest BCUT2D eigenvalue weighted by molar-refractivity contribution is -0.148. The second-order valence-electron chi connectivity index (χ2n) is 7.01. The summed E-state index contributed by atoms with van der Waals surface area (Å²) >= 11 is 1.41. The topological polar surface area (TPSA) is 118 Å². The first-order valence-corrected chi connectivity index (χ1v) is 11.6. The molecule has 0 aliphatic carbocycles. The second-order valence-corrected chi connectivity index (χ2v) is 9.98. The highest BCUT2D eigenvalue weighted by molar-refractivity contribution is 7.89. The molecule has 0 spiro atoms.